The van der Waals surface area contributed by atoms with Gasteiger partial charge in [-0.2, -0.15) is 0 Å². The van der Waals surface area contributed by atoms with Gasteiger partial charge in [-0.05, 0) is 42.2 Å². The first-order chi connectivity index (χ1) is 9.68. The zero-order chi connectivity index (χ0) is 13.7. The average molecular weight is 268 g/mol. The summed E-state index contributed by atoms with van der Waals surface area (Å²) in [4.78, 5) is 0. The SMILES string of the molecule is OC1(c2cc3ccccc3o2)CCc2c(F)cccc21. The highest BCUT2D eigenvalue weighted by molar-refractivity contribution is 5.78. The number of rotatable bonds is 1. The van der Waals surface area contributed by atoms with Crippen molar-refractivity contribution in [2.75, 3.05) is 0 Å². The van der Waals surface area contributed by atoms with Crippen molar-refractivity contribution < 1.29 is 13.9 Å². The molecule has 1 aliphatic carbocycles. The number of fused-ring (bicyclic) bond motifs is 2. The molecule has 2 nitrogen and oxygen atoms in total. The van der Waals surface area contributed by atoms with E-state index >= 15 is 0 Å². The fourth-order valence-corrected chi connectivity index (χ4v) is 3.08. The van der Waals surface area contributed by atoms with Crippen LogP contribution in [0.5, 0.6) is 0 Å². The van der Waals surface area contributed by atoms with E-state index in [9.17, 15) is 9.50 Å². The lowest BCUT2D eigenvalue weighted by atomic mass is 9.93. The highest BCUT2D eigenvalue weighted by Crippen LogP contribution is 2.44. The second-order valence-corrected chi connectivity index (χ2v) is 5.27. The Morgan fingerprint density at radius 2 is 1.95 bits per heavy atom. The third kappa shape index (κ3) is 1.47. The Kier molecular flexibility index (Phi) is 2.30. The third-order valence-corrected chi connectivity index (χ3v) is 4.13. The lowest BCUT2D eigenvalue weighted by molar-refractivity contribution is 0.0605. The Bertz CT molecular complexity index is 773. The fraction of sp³-hybridized carbons (Fsp3) is 0.176. The number of para-hydroxylation sites is 1. The summed E-state index contributed by atoms with van der Waals surface area (Å²) in [5, 5.41) is 11.9. The van der Waals surface area contributed by atoms with Crippen LogP contribution in [-0.4, -0.2) is 5.11 Å². The van der Waals surface area contributed by atoms with E-state index in [1.54, 1.807) is 12.1 Å². The Hall–Kier alpha value is -2.13. The molecule has 0 radical (unpaired) electrons. The van der Waals surface area contributed by atoms with Gasteiger partial charge in [0.25, 0.3) is 0 Å². The molecular formula is C17H13FO2. The zero-order valence-corrected chi connectivity index (χ0v) is 10.8. The summed E-state index contributed by atoms with van der Waals surface area (Å²) in [5.74, 6) is 0.234. The maximum atomic E-state index is 13.8. The van der Waals surface area contributed by atoms with E-state index in [4.69, 9.17) is 4.42 Å². The van der Waals surface area contributed by atoms with Crippen molar-refractivity contribution in [2.24, 2.45) is 0 Å². The van der Waals surface area contributed by atoms with E-state index in [0.717, 1.165) is 11.0 Å². The predicted octanol–water partition coefficient (Wildman–Crippen LogP) is 3.75. The standard InChI is InChI=1S/C17H13FO2/c18-14-6-3-5-13-12(14)8-9-17(13,19)16-10-11-4-1-2-7-15(11)20-16/h1-7,10,19H,8-9H2. The van der Waals surface area contributed by atoms with Crippen LogP contribution < -0.4 is 0 Å². The number of benzene rings is 2. The van der Waals surface area contributed by atoms with E-state index in [2.05, 4.69) is 0 Å². The first kappa shape index (κ1) is 11.7. The van der Waals surface area contributed by atoms with Gasteiger partial charge in [-0.1, -0.05) is 30.3 Å². The molecule has 3 aromatic rings. The lowest BCUT2D eigenvalue weighted by Crippen LogP contribution is -2.23. The summed E-state index contributed by atoms with van der Waals surface area (Å²) in [6.45, 7) is 0. The number of furan rings is 1. The largest absolute Gasteiger partial charge is 0.458 e. The highest BCUT2D eigenvalue weighted by Gasteiger charge is 2.42. The van der Waals surface area contributed by atoms with Crippen molar-refractivity contribution in [3.05, 3.63) is 71.2 Å². The average Bonchev–Trinajstić information content (AvgIpc) is 3.03. The zero-order valence-electron chi connectivity index (χ0n) is 10.8. The second kappa shape index (κ2) is 3.93. The molecular weight excluding hydrogens is 255 g/mol. The maximum absolute atomic E-state index is 13.8. The number of hydrogen-bond donors (Lipinski definition) is 1. The molecule has 0 bridgehead atoms. The van der Waals surface area contributed by atoms with Crippen molar-refractivity contribution in [1.29, 1.82) is 0 Å². The third-order valence-electron chi connectivity index (χ3n) is 4.13. The van der Waals surface area contributed by atoms with Crippen molar-refractivity contribution >= 4 is 11.0 Å². The summed E-state index contributed by atoms with van der Waals surface area (Å²) >= 11 is 0. The van der Waals surface area contributed by atoms with Crippen LogP contribution >= 0.6 is 0 Å². The van der Waals surface area contributed by atoms with Gasteiger partial charge in [0, 0.05) is 5.39 Å². The van der Waals surface area contributed by atoms with Crippen molar-refractivity contribution in [3.63, 3.8) is 0 Å². The minimum absolute atomic E-state index is 0.255. The fourth-order valence-electron chi connectivity index (χ4n) is 3.08. The van der Waals surface area contributed by atoms with E-state index in [1.165, 1.54) is 6.07 Å². The molecule has 1 N–H and O–H groups in total. The van der Waals surface area contributed by atoms with Crippen LogP contribution in [0.25, 0.3) is 11.0 Å². The van der Waals surface area contributed by atoms with Gasteiger partial charge in [-0.25, -0.2) is 4.39 Å². The Morgan fingerprint density at radius 1 is 1.10 bits per heavy atom. The van der Waals surface area contributed by atoms with Crippen LogP contribution in [0.3, 0.4) is 0 Å². The molecule has 100 valence electrons. The van der Waals surface area contributed by atoms with Crippen LogP contribution in [0.2, 0.25) is 0 Å². The molecule has 0 saturated carbocycles. The Morgan fingerprint density at radius 3 is 2.80 bits per heavy atom. The number of halogens is 1. The van der Waals surface area contributed by atoms with E-state index in [0.29, 0.717) is 29.7 Å². The molecule has 1 unspecified atom stereocenters. The molecule has 0 aliphatic heterocycles. The molecule has 2 aromatic carbocycles. The maximum Gasteiger partial charge on any atom is 0.148 e. The van der Waals surface area contributed by atoms with Gasteiger partial charge in [0.15, 0.2) is 0 Å². The van der Waals surface area contributed by atoms with Gasteiger partial charge < -0.3 is 9.52 Å². The molecule has 1 aliphatic rings. The second-order valence-electron chi connectivity index (χ2n) is 5.27. The predicted molar refractivity (Wildman–Crippen MR) is 73.9 cm³/mol. The Labute approximate surface area is 115 Å². The minimum Gasteiger partial charge on any atom is -0.458 e. The first-order valence-corrected chi connectivity index (χ1v) is 6.68. The summed E-state index contributed by atoms with van der Waals surface area (Å²) in [6.07, 6.45) is 0.971. The molecule has 0 spiro atoms. The summed E-state index contributed by atoms with van der Waals surface area (Å²) in [7, 11) is 0. The van der Waals surface area contributed by atoms with Crippen molar-refractivity contribution in [1.82, 2.24) is 0 Å². The van der Waals surface area contributed by atoms with E-state index in [1.807, 2.05) is 30.3 Å². The van der Waals surface area contributed by atoms with Crippen LogP contribution in [0.15, 0.2) is 52.9 Å². The molecule has 3 heteroatoms. The molecule has 1 aromatic heterocycles. The van der Waals surface area contributed by atoms with Gasteiger partial charge in [0.2, 0.25) is 0 Å². The van der Waals surface area contributed by atoms with Crippen molar-refractivity contribution in [2.45, 2.75) is 18.4 Å². The van der Waals surface area contributed by atoms with Gasteiger partial charge in [-0.15, -0.1) is 0 Å². The molecule has 0 amide bonds. The smallest absolute Gasteiger partial charge is 0.148 e. The molecule has 0 saturated heterocycles. The quantitative estimate of drug-likeness (QED) is 0.729. The van der Waals surface area contributed by atoms with Crippen LogP contribution in [-0.2, 0) is 12.0 Å². The minimum atomic E-state index is -1.23. The summed E-state index contributed by atoms with van der Waals surface area (Å²) < 4.78 is 19.6. The summed E-state index contributed by atoms with van der Waals surface area (Å²) in [5.41, 5.74) is 0.726. The van der Waals surface area contributed by atoms with Crippen LogP contribution in [0.1, 0.15) is 23.3 Å². The first-order valence-electron chi connectivity index (χ1n) is 6.68. The molecule has 0 fully saturated rings. The lowest BCUT2D eigenvalue weighted by Gasteiger charge is -2.21. The van der Waals surface area contributed by atoms with Gasteiger partial charge in [0.1, 0.15) is 22.8 Å². The van der Waals surface area contributed by atoms with Crippen molar-refractivity contribution in [3.8, 4) is 0 Å². The Balaban J connectivity index is 1.93. The molecule has 1 heterocycles. The molecule has 1 atom stereocenters. The van der Waals surface area contributed by atoms with Crippen LogP contribution in [0, 0.1) is 5.82 Å². The summed E-state index contributed by atoms with van der Waals surface area (Å²) in [6, 6.07) is 14.3. The normalized spacial score (nSPS) is 21.3. The van der Waals surface area contributed by atoms with Gasteiger partial charge >= 0.3 is 0 Å². The monoisotopic (exact) mass is 268 g/mol. The molecule has 20 heavy (non-hydrogen) atoms. The van der Waals surface area contributed by atoms with E-state index in [-0.39, 0.29) is 5.82 Å². The van der Waals surface area contributed by atoms with E-state index < -0.39 is 5.60 Å². The van der Waals surface area contributed by atoms with Crippen LogP contribution in [0.4, 0.5) is 4.39 Å². The highest BCUT2D eigenvalue weighted by atomic mass is 19.1. The molecule has 4 rings (SSSR count). The van der Waals surface area contributed by atoms with Gasteiger partial charge in [0.05, 0.1) is 0 Å². The number of aliphatic hydroxyl groups is 1. The van der Waals surface area contributed by atoms with Gasteiger partial charge in [-0.3, -0.25) is 0 Å². The number of hydrogen-bond acceptors (Lipinski definition) is 2. The topological polar surface area (TPSA) is 33.4 Å².